The van der Waals surface area contributed by atoms with Crippen molar-refractivity contribution in [1.82, 2.24) is 0 Å². The van der Waals surface area contributed by atoms with E-state index in [2.05, 4.69) is 0 Å². The van der Waals surface area contributed by atoms with Gasteiger partial charge in [-0.3, -0.25) is 0 Å². The second kappa shape index (κ2) is 7.56. The van der Waals surface area contributed by atoms with Crippen LogP contribution in [-0.4, -0.2) is 9.96 Å². The molecule has 0 aliphatic carbocycles. The van der Waals surface area contributed by atoms with Crippen molar-refractivity contribution in [3.8, 4) is 5.75 Å². The van der Waals surface area contributed by atoms with Gasteiger partial charge in [-0.05, 0) is 18.6 Å². The molecule has 0 heterocycles. The molecule has 0 aromatic heterocycles. The summed E-state index contributed by atoms with van der Waals surface area (Å²) in [4.78, 5) is 0. The molecule has 0 spiro atoms. The molecule has 68 valence electrons. The Morgan fingerprint density at radius 1 is 1.38 bits per heavy atom. The van der Waals surface area contributed by atoms with Gasteiger partial charge < -0.3 is 5.61 Å². The van der Waals surface area contributed by atoms with E-state index in [9.17, 15) is 4.21 Å². The van der Waals surface area contributed by atoms with Crippen molar-refractivity contribution in [2.24, 2.45) is 0 Å². The summed E-state index contributed by atoms with van der Waals surface area (Å²) in [6.45, 7) is 1.98. The average Bonchev–Trinajstić information content (AvgIpc) is 2.06. The van der Waals surface area contributed by atoms with Gasteiger partial charge in [0.05, 0.1) is 5.75 Å². The number of hydrogen-bond acceptors (Lipinski definition) is 2. The third-order valence-corrected chi connectivity index (χ3v) is 2.42. The predicted molar refractivity (Wildman–Crippen MR) is 51.5 cm³/mol. The molecule has 0 saturated heterocycles. The zero-order valence-corrected chi connectivity index (χ0v) is 10.8. The van der Waals surface area contributed by atoms with Gasteiger partial charge in [-0.2, -0.15) is 0 Å². The summed E-state index contributed by atoms with van der Waals surface area (Å²) < 4.78 is 16.2. The molecule has 1 rings (SSSR count). The van der Waals surface area contributed by atoms with Crippen LogP contribution in [0.2, 0.25) is 0 Å². The molecule has 1 aromatic rings. The first-order valence-electron chi connectivity index (χ1n) is 3.94. The SMILES string of the molecule is CCCS(=O)Oc1ccccc1.[H-].[Na+]. The molecule has 0 aliphatic rings. The van der Waals surface area contributed by atoms with Crippen LogP contribution in [0.3, 0.4) is 0 Å². The second-order valence-corrected chi connectivity index (χ2v) is 3.59. The molecule has 13 heavy (non-hydrogen) atoms. The normalized spacial score (nSPS) is 11.5. The van der Waals surface area contributed by atoms with E-state index < -0.39 is 11.1 Å². The van der Waals surface area contributed by atoms with Gasteiger partial charge in [0.1, 0.15) is 5.75 Å². The fourth-order valence-corrected chi connectivity index (χ4v) is 1.53. The first-order valence-corrected chi connectivity index (χ1v) is 5.19. The maximum Gasteiger partial charge on any atom is 1.00 e. The molecule has 1 unspecified atom stereocenters. The summed E-state index contributed by atoms with van der Waals surface area (Å²) in [5.41, 5.74) is 0. The molecule has 0 amide bonds. The predicted octanol–water partition coefficient (Wildman–Crippen LogP) is -0.744. The quantitative estimate of drug-likeness (QED) is 0.609. The second-order valence-electron chi connectivity index (χ2n) is 2.40. The van der Waals surface area contributed by atoms with E-state index >= 15 is 0 Å². The van der Waals surface area contributed by atoms with Crippen molar-refractivity contribution in [2.75, 3.05) is 5.75 Å². The average molecular weight is 208 g/mol. The van der Waals surface area contributed by atoms with Crippen molar-refractivity contribution >= 4 is 11.1 Å². The van der Waals surface area contributed by atoms with Crippen LogP contribution in [-0.2, 0) is 11.1 Å². The number of rotatable bonds is 4. The Morgan fingerprint density at radius 2 is 2.00 bits per heavy atom. The molecule has 0 saturated carbocycles. The Hall–Kier alpha value is 0.170. The summed E-state index contributed by atoms with van der Waals surface area (Å²) in [5, 5.41) is 0. The van der Waals surface area contributed by atoms with E-state index in [1.807, 2.05) is 25.1 Å². The van der Waals surface area contributed by atoms with Gasteiger partial charge >= 0.3 is 29.6 Å². The molecule has 0 N–H and O–H groups in total. The van der Waals surface area contributed by atoms with E-state index in [0.29, 0.717) is 11.5 Å². The monoisotopic (exact) mass is 208 g/mol. The van der Waals surface area contributed by atoms with Crippen LogP contribution < -0.4 is 33.7 Å². The minimum atomic E-state index is -1.17. The van der Waals surface area contributed by atoms with Crippen LogP contribution in [0.15, 0.2) is 30.3 Å². The Bertz CT molecular complexity index is 256. The third kappa shape index (κ3) is 5.47. The maximum absolute atomic E-state index is 11.1. The van der Waals surface area contributed by atoms with E-state index in [4.69, 9.17) is 4.18 Å². The smallest absolute Gasteiger partial charge is 1.00 e. The number of para-hydroxylation sites is 1. The molecule has 1 atom stereocenters. The molecule has 1 aromatic carbocycles. The van der Waals surface area contributed by atoms with Gasteiger partial charge in [-0.1, -0.05) is 25.1 Å². The first kappa shape index (κ1) is 13.2. The number of benzene rings is 1. The van der Waals surface area contributed by atoms with Crippen LogP contribution in [0, 0.1) is 0 Å². The van der Waals surface area contributed by atoms with Crippen molar-refractivity contribution < 1.29 is 39.4 Å². The zero-order valence-electron chi connectivity index (χ0n) is 9.03. The van der Waals surface area contributed by atoms with Crippen LogP contribution in [0.4, 0.5) is 0 Å². The summed E-state index contributed by atoms with van der Waals surface area (Å²) >= 11 is -1.17. The van der Waals surface area contributed by atoms with Crippen molar-refractivity contribution in [2.45, 2.75) is 13.3 Å². The molecule has 0 bridgehead atoms. The van der Waals surface area contributed by atoms with Gasteiger partial charge in [0, 0.05) is 0 Å². The minimum absolute atomic E-state index is 0. The van der Waals surface area contributed by atoms with Crippen molar-refractivity contribution in [3.05, 3.63) is 30.3 Å². The Kier molecular flexibility index (Phi) is 7.66. The molecule has 0 radical (unpaired) electrons. The Labute approximate surface area is 105 Å². The van der Waals surface area contributed by atoms with Crippen LogP contribution >= 0.6 is 0 Å². The van der Waals surface area contributed by atoms with Gasteiger partial charge in [0.25, 0.3) is 0 Å². The van der Waals surface area contributed by atoms with Gasteiger partial charge in [-0.25, -0.2) is 4.21 Å². The van der Waals surface area contributed by atoms with E-state index in [1.165, 1.54) is 0 Å². The zero-order chi connectivity index (χ0) is 8.81. The summed E-state index contributed by atoms with van der Waals surface area (Å²) in [6.07, 6.45) is 0.874. The summed E-state index contributed by atoms with van der Waals surface area (Å²) in [7, 11) is 0. The molecule has 2 nitrogen and oxygen atoms in total. The standard InChI is InChI=1S/C9H12O2S.Na.H/c1-2-8-12(10)11-9-6-4-3-5-7-9;;/h3-7H,2,8H2,1H3;;/q;+1;-1. The first-order chi connectivity index (χ1) is 5.83. The van der Waals surface area contributed by atoms with Gasteiger partial charge in [0.15, 0.2) is 0 Å². The van der Waals surface area contributed by atoms with E-state index in [-0.39, 0.29) is 31.0 Å². The van der Waals surface area contributed by atoms with Crippen molar-refractivity contribution in [1.29, 1.82) is 0 Å². The maximum atomic E-state index is 11.1. The van der Waals surface area contributed by atoms with Gasteiger partial charge in [0.2, 0.25) is 11.1 Å². The van der Waals surface area contributed by atoms with Crippen LogP contribution in [0.25, 0.3) is 0 Å². The van der Waals surface area contributed by atoms with Crippen LogP contribution in [0.5, 0.6) is 5.75 Å². The molecule has 0 fully saturated rings. The molecule has 4 heteroatoms. The molecule has 0 aliphatic heterocycles. The minimum Gasteiger partial charge on any atom is -1.00 e. The molecular weight excluding hydrogens is 195 g/mol. The fraction of sp³-hybridized carbons (Fsp3) is 0.333. The summed E-state index contributed by atoms with van der Waals surface area (Å²) in [5.74, 6) is 1.26. The molecular formula is C9H13NaO2S. The largest absolute Gasteiger partial charge is 1.00 e. The topological polar surface area (TPSA) is 26.3 Å². The Balaban J connectivity index is 0. The van der Waals surface area contributed by atoms with E-state index in [0.717, 1.165) is 6.42 Å². The fourth-order valence-electron chi connectivity index (χ4n) is 0.792. The summed E-state index contributed by atoms with van der Waals surface area (Å²) in [6, 6.07) is 9.22. The third-order valence-electron chi connectivity index (χ3n) is 1.30. The Morgan fingerprint density at radius 3 is 2.54 bits per heavy atom. The van der Waals surface area contributed by atoms with E-state index in [1.54, 1.807) is 12.1 Å². The van der Waals surface area contributed by atoms with Gasteiger partial charge in [-0.15, -0.1) is 0 Å². The number of hydrogen-bond donors (Lipinski definition) is 0. The van der Waals surface area contributed by atoms with Crippen LogP contribution in [0.1, 0.15) is 14.8 Å². The van der Waals surface area contributed by atoms with Crippen molar-refractivity contribution in [3.63, 3.8) is 0 Å².